The maximum absolute atomic E-state index is 12.3. The maximum atomic E-state index is 12.3. The number of H-pyrrole nitrogens is 1. The van der Waals surface area contributed by atoms with E-state index in [0.29, 0.717) is 42.0 Å². The molecule has 3 rings (SSSR count). The number of carbonyl (C=O) groups excluding carboxylic acids is 1. The van der Waals surface area contributed by atoms with Crippen LogP contribution in [0.25, 0.3) is 11.4 Å². The van der Waals surface area contributed by atoms with E-state index < -0.39 is 0 Å². The van der Waals surface area contributed by atoms with Gasteiger partial charge in [0.2, 0.25) is 5.91 Å². The number of nitrogens with one attached hydrogen (secondary N) is 2. The molecule has 0 unspecified atom stereocenters. The molecule has 1 heterocycles. The van der Waals surface area contributed by atoms with Gasteiger partial charge in [-0.1, -0.05) is 12.5 Å². The van der Waals surface area contributed by atoms with Crippen LogP contribution in [0.3, 0.4) is 0 Å². The van der Waals surface area contributed by atoms with Crippen molar-refractivity contribution >= 4 is 5.91 Å². The summed E-state index contributed by atoms with van der Waals surface area (Å²) >= 11 is 0. The Morgan fingerprint density at radius 3 is 2.83 bits per heavy atom. The molecule has 1 fully saturated rings. The van der Waals surface area contributed by atoms with E-state index in [1.54, 1.807) is 25.3 Å². The number of aryl methyl sites for hydroxylation is 1. The van der Waals surface area contributed by atoms with E-state index in [9.17, 15) is 9.59 Å². The molecule has 154 valence electrons. The number of rotatable bonds is 10. The number of hydrogen-bond donors (Lipinski definition) is 2. The lowest BCUT2D eigenvalue weighted by atomic mass is 9.86. The fraction of sp³-hybridized carbons (Fsp3) is 0.429. The zero-order valence-electron chi connectivity index (χ0n) is 16.6. The second-order valence-electron chi connectivity index (χ2n) is 7.02. The minimum Gasteiger partial charge on any atom is -0.493 e. The van der Waals surface area contributed by atoms with Gasteiger partial charge in [0.05, 0.1) is 13.7 Å². The molecule has 0 spiro atoms. The molecule has 1 aliphatic rings. The second kappa shape index (κ2) is 9.86. The Kier molecular flexibility index (Phi) is 6.99. The fourth-order valence-corrected chi connectivity index (χ4v) is 2.96. The van der Waals surface area contributed by atoms with E-state index in [1.807, 2.05) is 6.07 Å². The highest BCUT2D eigenvalue weighted by Crippen LogP contribution is 2.33. The second-order valence-corrected chi connectivity index (χ2v) is 7.02. The summed E-state index contributed by atoms with van der Waals surface area (Å²) < 4.78 is 11.3. The predicted molar refractivity (Wildman–Crippen MR) is 109 cm³/mol. The molecule has 1 aromatic carbocycles. The maximum Gasteiger partial charge on any atom is 0.273 e. The first-order valence-corrected chi connectivity index (χ1v) is 9.75. The van der Waals surface area contributed by atoms with Crippen molar-refractivity contribution in [3.8, 4) is 22.9 Å². The summed E-state index contributed by atoms with van der Waals surface area (Å²) in [6.45, 7) is 4.61. The fourth-order valence-electron chi connectivity index (χ4n) is 2.96. The molecule has 0 radical (unpaired) electrons. The summed E-state index contributed by atoms with van der Waals surface area (Å²) in [5.74, 6) is 2.03. The van der Waals surface area contributed by atoms with Gasteiger partial charge in [-0.3, -0.25) is 9.59 Å². The summed E-state index contributed by atoms with van der Waals surface area (Å²) in [5, 5.41) is 10.8. The van der Waals surface area contributed by atoms with E-state index in [0.717, 1.165) is 0 Å². The Balaban J connectivity index is 1.67. The van der Waals surface area contributed by atoms with Gasteiger partial charge >= 0.3 is 0 Å². The number of aromatic amines is 1. The van der Waals surface area contributed by atoms with E-state index >= 15 is 0 Å². The first-order chi connectivity index (χ1) is 14.1. The van der Waals surface area contributed by atoms with E-state index in [1.165, 1.54) is 19.3 Å². The molecule has 0 bridgehead atoms. The first kappa shape index (κ1) is 20.6. The lowest BCUT2D eigenvalue weighted by Gasteiger charge is -2.25. The van der Waals surface area contributed by atoms with Crippen LogP contribution in [0.2, 0.25) is 0 Å². The Morgan fingerprint density at radius 1 is 1.34 bits per heavy atom. The molecule has 1 amide bonds. The summed E-state index contributed by atoms with van der Waals surface area (Å²) in [6, 6.07) is 5.38. The number of hydrogen-bond acceptors (Lipinski definition) is 6. The smallest absolute Gasteiger partial charge is 0.273 e. The zero-order chi connectivity index (χ0) is 20.6. The van der Waals surface area contributed by atoms with Gasteiger partial charge in [0.15, 0.2) is 17.3 Å². The SMILES string of the molecule is C=CCNC(=O)CCc1nnc(-c2ccc(OCC3CCC3)c(OC)c2)[nH]c1=O. The molecule has 0 aliphatic heterocycles. The first-order valence-electron chi connectivity index (χ1n) is 9.75. The molecule has 0 saturated heterocycles. The molecule has 1 saturated carbocycles. The molecule has 2 N–H and O–H groups in total. The van der Waals surface area contributed by atoms with Crippen molar-refractivity contribution in [2.24, 2.45) is 5.92 Å². The monoisotopic (exact) mass is 398 g/mol. The van der Waals surface area contributed by atoms with Crippen molar-refractivity contribution in [1.82, 2.24) is 20.5 Å². The van der Waals surface area contributed by atoms with Crippen LogP contribution >= 0.6 is 0 Å². The van der Waals surface area contributed by atoms with Crippen molar-refractivity contribution in [3.05, 3.63) is 46.9 Å². The van der Waals surface area contributed by atoms with Crippen LogP contribution in [0.4, 0.5) is 0 Å². The van der Waals surface area contributed by atoms with Gasteiger partial charge < -0.3 is 19.8 Å². The molecular weight excluding hydrogens is 372 g/mol. The Hall–Kier alpha value is -3.16. The van der Waals surface area contributed by atoms with Crippen LogP contribution in [-0.2, 0) is 11.2 Å². The van der Waals surface area contributed by atoms with Crippen molar-refractivity contribution in [3.63, 3.8) is 0 Å². The van der Waals surface area contributed by atoms with Gasteiger partial charge in [0.25, 0.3) is 5.56 Å². The topological polar surface area (TPSA) is 106 Å². The highest BCUT2D eigenvalue weighted by Gasteiger charge is 2.19. The largest absolute Gasteiger partial charge is 0.493 e. The predicted octanol–water partition coefficient (Wildman–Crippen LogP) is 2.25. The van der Waals surface area contributed by atoms with Crippen molar-refractivity contribution in [2.45, 2.75) is 32.1 Å². The highest BCUT2D eigenvalue weighted by molar-refractivity contribution is 5.76. The molecule has 1 aliphatic carbocycles. The zero-order valence-corrected chi connectivity index (χ0v) is 16.6. The molecule has 2 aromatic rings. The number of carbonyl (C=O) groups is 1. The van der Waals surface area contributed by atoms with E-state index in [-0.39, 0.29) is 30.0 Å². The number of nitrogens with zero attached hydrogens (tertiary/aromatic N) is 2. The van der Waals surface area contributed by atoms with Gasteiger partial charge in [-0.15, -0.1) is 16.8 Å². The molecule has 8 nitrogen and oxygen atoms in total. The third-order valence-electron chi connectivity index (χ3n) is 4.93. The summed E-state index contributed by atoms with van der Waals surface area (Å²) in [7, 11) is 1.57. The number of methoxy groups -OCH3 is 1. The van der Waals surface area contributed by atoms with E-state index in [2.05, 4.69) is 27.1 Å². The summed E-state index contributed by atoms with van der Waals surface area (Å²) in [4.78, 5) is 26.7. The standard InChI is InChI=1S/C21H26N4O4/c1-3-11-22-19(26)10-8-16-21(27)23-20(25-24-16)15-7-9-17(18(12-15)28-2)29-13-14-5-4-6-14/h3,7,9,12,14H,1,4-6,8,10-11,13H2,2H3,(H,22,26)(H,23,25,27). The minimum absolute atomic E-state index is 0.159. The van der Waals surface area contributed by atoms with Crippen LogP contribution in [-0.4, -0.2) is 41.3 Å². The van der Waals surface area contributed by atoms with Crippen LogP contribution in [0.15, 0.2) is 35.6 Å². The average Bonchev–Trinajstić information content (AvgIpc) is 2.70. The molecule has 0 atom stereocenters. The van der Waals surface area contributed by atoms with Crippen molar-refractivity contribution in [1.29, 1.82) is 0 Å². The lowest BCUT2D eigenvalue weighted by Crippen LogP contribution is -2.25. The van der Waals surface area contributed by atoms with Crippen LogP contribution < -0.4 is 20.3 Å². The van der Waals surface area contributed by atoms with Crippen molar-refractivity contribution in [2.75, 3.05) is 20.3 Å². The van der Waals surface area contributed by atoms with Crippen LogP contribution in [0.1, 0.15) is 31.4 Å². The minimum atomic E-state index is -0.365. The highest BCUT2D eigenvalue weighted by atomic mass is 16.5. The average molecular weight is 398 g/mol. The number of amides is 1. The lowest BCUT2D eigenvalue weighted by molar-refractivity contribution is -0.120. The number of ether oxygens (including phenoxy) is 2. The molecule has 8 heteroatoms. The van der Waals surface area contributed by atoms with Gasteiger partial charge in [-0.25, -0.2) is 0 Å². The van der Waals surface area contributed by atoms with Gasteiger partial charge in [-0.2, -0.15) is 0 Å². The Labute approximate surface area is 169 Å². The van der Waals surface area contributed by atoms with Gasteiger partial charge in [-0.05, 0) is 37.0 Å². The quantitative estimate of drug-likeness (QED) is 0.595. The van der Waals surface area contributed by atoms with Crippen LogP contribution in [0, 0.1) is 5.92 Å². The normalized spacial score (nSPS) is 13.4. The molecule has 1 aromatic heterocycles. The van der Waals surface area contributed by atoms with Gasteiger partial charge in [0.1, 0.15) is 5.69 Å². The summed E-state index contributed by atoms with van der Waals surface area (Å²) in [5.41, 5.74) is 0.517. The van der Waals surface area contributed by atoms with Crippen molar-refractivity contribution < 1.29 is 14.3 Å². The Morgan fingerprint density at radius 2 is 2.17 bits per heavy atom. The third-order valence-corrected chi connectivity index (χ3v) is 4.93. The summed E-state index contributed by atoms with van der Waals surface area (Å²) in [6.07, 6.45) is 5.65. The van der Waals surface area contributed by atoms with Crippen LogP contribution in [0.5, 0.6) is 11.5 Å². The number of aromatic nitrogens is 3. The third kappa shape index (κ3) is 5.43. The van der Waals surface area contributed by atoms with Gasteiger partial charge in [0, 0.05) is 24.9 Å². The number of benzene rings is 1. The Bertz CT molecular complexity index is 921. The molecular formula is C21H26N4O4. The van der Waals surface area contributed by atoms with E-state index in [4.69, 9.17) is 9.47 Å². The molecule has 29 heavy (non-hydrogen) atoms.